The van der Waals surface area contributed by atoms with E-state index in [-0.39, 0.29) is 11.9 Å². The molecule has 1 atom stereocenters. The lowest BCUT2D eigenvalue weighted by Crippen LogP contribution is -2.42. The van der Waals surface area contributed by atoms with Crippen LogP contribution >= 0.6 is 11.6 Å². The number of halogens is 1. The lowest BCUT2D eigenvalue weighted by molar-refractivity contribution is 0.0118. The number of aromatic nitrogens is 4. The van der Waals surface area contributed by atoms with Gasteiger partial charge >= 0.3 is 0 Å². The number of hydrogen-bond donors (Lipinski definition) is 2. The zero-order valence-electron chi connectivity index (χ0n) is 24.3. The minimum Gasteiger partial charge on any atom is -0.385 e. The van der Waals surface area contributed by atoms with Gasteiger partial charge in [0.25, 0.3) is 5.91 Å². The van der Waals surface area contributed by atoms with Gasteiger partial charge in [0.15, 0.2) is 5.65 Å². The molecule has 1 amide bonds. The smallest absolute Gasteiger partial charge is 0.254 e. The van der Waals surface area contributed by atoms with Crippen molar-refractivity contribution in [3.63, 3.8) is 0 Å². The normalized spacial score (nSPS) is 18.4. The van der Waals surface area contributed by atoms with Gasteiger partial charge in [-0.15, -0.1) is 5.10 Å². The largest absolute Gasteiger partial charge is 0.385 e. The Morgan fingerprint density at radius 1 is 0.955 bits per heavy atom. The number of anilines is 3. The number of carbonyl (C=O) groups is 1. The minimum absolute atomic E-state index is 0.0325. The fraction of sp³-hybridized carbons (Fsp3) is 0.294. The molecule has 5 heterocycles. The molecule has 224 valence electrons. The van der Waals surface area contributed by atoms with E-state index in [0.29, 0.717) is 42.5 Å². The quantitative estimate of drug-likeness (QED) is 0.231. The minimum atomic E-state index is -0.881. The van der Waals surface area contributed by atoms with Crippen LogP contribution < -0.4 is 10.2 Å². The Morgan fingerprint density at radius 3 is 2.50 bits per heavy atom. The van der Waals surface area contributed by atoms with Crippen LogP contribution in [-0.2, 0) is 5.60 Å². The Bertz CT molecular complexity index is 1750. The van der Waals surface area contributed by atoms with Crippen LogP contribution in [0.2, 0.25) is 5.02 Å². The molecule has 2 fully saturated rings. The number of piperidine rings is 2. The molecule has 3 aromatic heterocycles. The van der Waals surface area contributed by atoms with Crippen LogP contribution in [0.25, 0.3) is 5.65 Å². The van der Waals surface area contributed by atoms with Crippen LogP contribution in [0.1, 0.15) is 59.6 Å². The summed E-state index contributed by atoms with van der Waals surface area (Å²) in [6.45, 7) is 2.11. The summed E-state index contributed by atoms with van der Waals surface area (Å²) in [6, 6.07) is 23.0. The average Bonchev–Trinajstić information content (AvgIpc) is 3.48. The molecule has 0 bridgehead atoms. The van der Waals surface area contributed by atoms with Crippen LogP contribution in [0, 0.1) is 0 Å². The van der Waals surface area contributed by atoms with Gasteiger partial charge in [-0.3, -0.25) is 9.78 Å². The molecule has 0 unspecified atom stereocenters. The fourth-order valence-electron chi connectivity index (χ4n) is 6.44. The predicted octanol–water partition coefficient (Wildman–Crippen LogP) is 6.38. The van der Waals surface area contributed by atoms with Crippen molar-refractivity contribution in [1.29, 1.82) is 0 Å². The number of carbonyl (C=O) groups excluding carboxylic acids is 1. The molecule has 2 aliphatic rings. The number of amides is 1. The van der Waals surface area contributed by atoms with Crippen LogP contribution in [0.5, 0.6) is 0 Å². The summed E-state index contributed by atoms with van der Waals surface area (Å²) < 4.78 is 1.77. The molecule has 2 N–H and O–H groups in total. The first kappa shape index (κ1) is 28.3. The first-order valence-corrected chi connectivity index (χ1v) is 15.5. The van der Waals surface area contributed by atoms with E-state index in [2.05, 4.69) is 26.4 Å². The molecule has 0 saturated carbocycles. The standard InChI is InChI=1S/C34H34ClN7O2/c35-27-12-10-26(11-13-27)34(44)16-21-40(22-17-34)30-7-4-20-42-31(30)38-33(39-42)37-28-14-8-24(9-15-28)32(43)41-19-2-1-6-29(41)25-5-3-18-36-23-25/h3-5,7-15,18,20,23,29,44H,1-2,6,16-17,19,21-22H2,(H,37,39)/t29-/m0/s1. The first-order valence-electron chi connectivity index (χ1n) is 15.1. The predicted molar refractivity (Wildman–Crippen MR) is 171 cm³/mol. The highest BCUT2D eigenvalue weighted by Gasteiger charge is 2.35. The van der Waals surface area contributed by atoms with Gasteiger partial charge in [-0.25, -0.2) is 4.52 Å². The summed E-state index contributed by atoms with van der Waals surface area (Å²) in [6.07, 6.45) is 9.75. The number of hydrogen-bond acceptors (Lipinski definition) is 7. The number of aliphatic hydroxyl groups is 1. The average molecular weight is 608 g/mol. The van der Waals surface area contributed by atoms with Gasteiger partial charge in [0.2, 0.25) is 5.95 Å². The number of benzene rings is 2. The third kappa shape index (κ3) is 5.60. The number of pyridine rings is 2. The summed E-state index contributed by atoms with van der Waals surface area (Å²) in [7, 11) is 0. The van der Waals surface area contributed by atoms with Crippen molar-refractivity contribution in [2.45, 2.75) is 43.7 Å². The zero-order chi connectivity index (χ0) is 30.1. The summed E-state index contributed by atoms with van der Waals surface area (Å²) in [5.41, 5.74) is 4.26. The van der Waals surface area contributed by atoms with Crippen molar-refractivity contribution in [1.82, 2.24) is 24.5 Å². The lowest BCUT2D eigenvalue weighted by Gasteiger charge is -2.39. The van der Waals surface area contributed by atoms with E-state index in [0.717, 1.165) is 54.0 Å². The highest BCUT2D eigenvalue weighted by molar-refractivity contribution is 6.30. The van der Waals surface area contributed by atoms with Crippen molar-refractivity contribution in [3.8, 4) is 0 Å². The van der Waals surface area contributed by atoms with Gasteiger partial charge in [-0.2, -0.15) is 4.98 Å². The molecule has 9 nitrogen and oxygen atoms in total. The maximum absolute atomic E-state index is 13.5. The third-order valence-electron chi connectivity index (χ3n) is 8.88. The number of fused-ring (bicyclic) bond motifs is 1. The van der Waals surface area contributed by atoms with E-state index in [1.807, 2.05) is 84.0 Å². The highest BCUT2D eigenvalue weighted by Crippen LogP contribution is 2.36. The van der Waals surface area contributed by atoms with Gasteiger partial charge in [0, 0.05) is 54.5 Å². The van der Waals surface area contributed by atoms with Gasteiger partial charge in [-0.1, -0.05) is 29.8 Å². The Hall–Kier alpha value is -4.47. The van der Waals surface area contributed by atoms with Gasteiger partial charge in [-0.05, 0) is 97.8 Å². The molecule has 0 spiro atoms. The number of rotatable bonds is 6. The van der Waals surface area contributed by atoms with Gasteiger partial charge in [0.05, 0.1) is 17.3 Å². The summed E-state index contributed by atoms with van der Waals surface area (Å²) in [5.74, 6) is 0.504. The van der Waals surface area contributed by atoms with Crippen molar-refractivity contribution < 1.29 is 9.90 Å². The monoisotopic (exact) mass is 607 g/mol. The van der Waals surface area contributed by atoms with E-state index in [4.69, 9.17) is 16.6 Å². The van der Waals surface area contributed by atoms with Crippen molar-refractivity contribution in [3.05, 3.63) is 113 Å². The maximum Gasteiger partial charge on any atom is 0.254 e. The molecule has 10 heteroatoms. The number of nitrogens with zero attached hydrogens (tertiary/aromatic N) is 6. The summed E-state index contributed by atoms with van der Waals surface area (Å²) in [5, 5.41) is 19.9. The first-order chi connectivity index (χ1) is 21.5. The molecule has 0 aliphatic carbocycles. The molecule has 2 aliphatic heterocycles. The second-order valence-corrected chi connectivity index (χ2v) is 12.1. The molecule has 2 saturated heterocycles. The van der Waals surface area contributed by atoms with Crippen molar-refractivity contribution in [2.24, 2.45) is 0 Å². The topological polar surface area (TPSA) is 98.9 Å². The highest BCUT2D eigenvalue weighted by atomic mass is 35.5. The molecule has 0 radical (unpaired) electrons. The lowest BCUT2D eigenvalue weighted by atomic mass is 9.84. The second-order valence-electron chi connectivity index (χ2n) is 11.6. The van der Waals surface area contributed by atoms with E-state index in [1.54, 1.807) is 10.7 Å². The molecule has 2 aromatic carbocycles. The summed E-state index contributed by atoms with van der Waals surface area (Å²) >= 11 is 6.05. The number of likely N-dealkylation sites (tertiary alicyclic amines) is 1. The van der Waals surface area contributed by atoms with Gasteiger partial charge < -0.3 is 20.2 Å². The Labute approximate surface area is 261 Å². The Morgan fingerprint density at radius 2 is 1.75 bits per heavy atom. The Kier molecular flexibility index (Phi) is 7.66. The van der Waals surface area contributed by atoms with Crippen LogP contribution in [-0.4, -0.2) is 55.1 Å². The van der Waals surface area contributed by atoms with E-state index in [9.17, 15) is 9.90 Å². The number of nitrogens with one attached hydrogen (secondary N) is 1. The molecule has 5 aromatic rings. The second kappa shape index (κ2) is 11.9. The van der Waals surface area contributed by atoms with E-state index >= 15 is 0 Å². The van der Waals surface area contributed by atoms with Crippen LogP contribution in [0.3, 0.4) is 0 Å². The molecule has 7 rings (SSSR count). The van der Waals surface area contributed by atoms with Crippen LogP contribution in [0.4, 0.5) is 17.3 Å². The third-order valence-corrected chi connectivity index (χ3v) is 9.13. The molecule has 44 heavy (non-hydrogen) atoms. The van der Waals surface area contributed by atoms with Crippen molar-refractivity contribution >= 4 is 40.5 Å². The Balaban J connectivity index is 1.04. The van der Waals surface area contributed by atoms with Crippen molar-refractivity contribution in [2.75, 3.05) is 29.9 Å². The van der Waals surface area contributed by atoms with Gasteiger partial charge in [0.1, 0.15) is 0 Å². The molecular formula is C34H34ClN7O2. The molecular weight excluding hydrogens is 574 g/mol. The zero-order valence-corrected chi connectivity index (χ0v) is 25.1. The maximum atomic E-state index is 13.5. The van der Waals surface area contributed by atoms with E-state index in [1.165, 1.54) is 0 Å². The fourth-order valence-corrected chi connectivity index (χ4v) is 6.57. The summed E-state index contributed by atoms with van der Waals surface area (Å²) in [4.78, 5) is 26.8. The SMILES string of the molecule is O=C(c1ccc(Nc2nc3c(N4CCC(O)(c5ccc(Cl)cc5)CC4)cccn3n2)cc1)N1CCCC[C@H]1c1cccnc1. The van der Waals surface area contributed by atoms with E-state index < -0.39 is 5.60 Å². The van der Waals surface area contributed by atoms with Crippen LogP contribution in [0.15, 0.2) is 91.4 Å².